The number of nitro groups is 1. The summed E-state index contributed by atoms with van der Waals surface area (Å²) in [5, 5.41) is 14.9. The minimum atomic E-state index is -0.643. The molecule has 1 N–H and O–H groups in total. The molecule has 12 heteroatoms. The van der Waals surface area contributed by atoms with Crippen LogP contribution >= 0.6 is 11.6 Å². The molecule has 0 aliphatic carbocycles. The first-order valence-electron chi connectivity index (χ1n) is 10.5. The van der Waals surface area contributed by atoms with Crippen LogP contribution in [0, 0.1) is 16.0 Å². The monoisotopic (exact) mass is 492 g/mol. The Morgan fingerprint density at radius 1 is 1.26 bits per heavy atom. The molecule has 1 atom stereocenters. The molecule has 34 heavy (non-hydrogen) atoms. The summed E-state index contributed by atoms with van der Waals surface area (Å²) in [4.78, 5) is 42.6. The largest absolute Gasteiger partial charge is 0.493 e. The van der Waals surface area contributed by atoms with E-state index in [1.807, 2.05) is 0 Å². The van der Waals surface area contributed by atoms with Crippen LogP contribution < -0.4 is 14.8 Å². The van der Waals surface area contributed by atoms with Crippen LogP contribution in [0.1, 0.15) is 23.2 Å². The highest BCUT2D eigenvalue weighted by atomic mass is 35.5. The Morgan fingerprint density at radius 3 is 2.71 bits per heavy atom. The number of nitrogens with zero attached hydrogens (tertiary/aromatic N) is 3. The fraction of sp³-hybridized carbons (Fsp3) is 0.409. The van der Waals surface area contributed by atoms with Crippen LogP contribution in [0.3, 0.4) is 0 Å². The van der Waals surface area contributed by atoms with Crippen molar-refractivity contribution in [2.24, 2.45) is 5.92 Å². The van der Waals surface area contributed by atoms with E-state index in [0.717, 1.165) is 0 Å². The maximum atomic E-state index is 13.3. The van der Waals surface area contributed by atoms with E-state index in [9.17, 15) is 19.7 Å². The van der Waals surface area contributed by atoms with Crippen molar-refractivity contribution in [3.8, 4) is 11.5 Å². The van der Waals surface area contributed by atoms with Crippen molar-refractivity contribution in [1.29, 1.82) is 0 Å². The number of amides is 2. The number of carbonyl (C=O) groups excluding carboxylic acids is 2. The third-order valence-corrected chi connectivity index (χ3v) is 5.54. The molecule has 0 radical (unpaired) electrons. The average Bonchev–Trinajstić information content (AvgIpc) is 2.84. The highest BCUT2D eigenvalue weighted by Gasteiger charge is 2.33. The van der Waals surface area contributed by atoms with Crippen molar-refractivity contribution in [2.75, 3.05) is 45.8 Å². The number of carbonyl (C=O) groups is 2. The van der Waals surface area contributed by atoms with Gasteiger partial charge in [0.25, 0.3) is 11.6 Å². The lowest BCUT2D eigenvalue weighted by Crippen LogP contribution is -2.44. The van der Waals surface area contributed by atoms with Gasteiger partial charge in [-0.1, -0.05) is 11.6 Å². The molecule has 1 aliphatic rings. The zero-order chi connectivity index (χ0) is 24.7. The number of aromatic nitrogens is 1. The molecule has 1 saturated heterocycles. The van der Waals surface area contributed by atoms with Crippen molar-refractivity contribution >= 4 is 34.9 Å². The molecule has 11 nitrogen and oxygen atoms in total. The highest BCUT2D eigenvalue weighted by molar-refractivity contribution is 6.30. The SMILES string of the molecule is COCCOc1cc([N+](=O)[O-])c(C(=O)N2CCCC(C(=O)Nc3ccc(Cl)cn3)C2)cc1OC. The summed E-state index contributed by atoms with van der Waals surface area (Å²) >= 11 is 5.82. The molecule has 182 valence electrons. The van der Waals surface area contributed by atoms with Gasteiger partial charge in [-0.3, -0.25) is 19.7 Å². The van der Waals surface area contributed by atoms with Gasteiger partial charge < -0.3 is 24.4 Å². The molecule has 1 aromatic heterocycles. The summed E-state index contributed by atoms with van der Waals surface area (Å²) in [6.07, 6.45) is 2.56. The molecule has 2 aromatic rings. The molecule has 1 unspecified atom stereocenters. The van der Waals surface area contributed by atoms with Gasteiger partial charge in [0.15, 0.2) is 11.5 Å². The molecule has 1 aliphatic heterocycles. The maximum absolute atomic E-state index is 13.3. The lowest BCUT2D eigenvalue weighted by Gasteiger charge is -2.32. The number of methoxy groups -OCH3 is 2. The molecule has 1 aromatic carbocycles. The van der Waals surface area contributed by atoms with Gasteiger partial charge in [0.1, 0.15) is 18.0 Å². The fourth-order valence-corrected chi connectivity index (χ4v) is 3.71. The van der Waals surface area contributed by atoms with Gasteiger partial charge in [-0.15, -0.1) is 0 Å². The van der Waals surface area contributed by atoms with Gasteiger partial charge in [0.05, 0.1) is 35.6 Å². The number of benzene rings is 1. The van der Waals surface area contributed by atoms with Gasteiger partial charge in [-0.2, -0.15) is 0 Å². The summed E-state index contributed by atoms with van der Waals surface area (Å²) in [7, 11) is 2.88. The summed E-state index contributed by atoms with van der Waals surface area (Å²) in [6.45, 7) is 0.917. The average molecular weight is 493 g/mol. The number of nitro benzene ring substituents is 1. The van der Waals surface area contributed by atoms with E-state index in [-0.39, 0.29) is 42.7 Å². The Hall–Kier alpha value is -3.44. The third-order valence-electron chi connectivity index (χ3n) is 5.31. The van der Waals surface area contributed by atoms with Crippen molar-refractivity contribution in [1.82, 2.24) is 9.88 Å². The zero-order valence-electron chi connectivity index (χ0n) is 18.8. The van der Waals surface area contributed by atoms with Crippen LogP contribution in [0.4, 0.5) is 11.5 Å². The number of ether oxygens (including phenoxy) is 3. The molecule has 0 saturated carbocycles. The van der Waals surface area contributed by atoms with E-state index in [1.165, 1.54) is 37.4 Å². The first kappa shape index (κ1) is 25.2. The lowest BCUT2D eigenvalue weighted by molar-refractivity contribution is -0.385. The van der Waals surface area contributed by atoms with Crippen molar-refractivity contribution in [3.05, 3.63) is 51.2 Å². The maximum Gasteiger partial charge on any atom is 0.286 e. The van der Waals surface area contributed by atoms with Gasteiger partial charge in [0, 0.05) is 32.5 Å². The number of anilines is 1. The Morgan fingerprint density at radius 2 is 2.06 bits per heavy atom. The number of pyridine rings is 1. The molecular weight excluding hydrogens is 468 g/mol. The second-order valence-corrected chi connectivity index (χ2v) is 8.00. The van der Waals surface area contributed by atoms with Crippen LogP contribution in [0.25, 0.3) is 0 Å². The van der Waals surface area contributed by atoms with Crippen LogP contribution in [0.15, 0.2) is 30.5 Å². The van der Waals surface area contributed by atoms with Gasteiger partial charge >= 0.3 is 0 Å². The second-order valence-electron chi connectivity index (χ2n) is 7.56. The lowest BCUT2D eigenvalue weighted by atomic mass is 9.96. The van der Waals surface area contributed by atoms with Crippen LogP contribution in [0.2, 0.25) is 5.02 Å². The molecular formula is C22H25ClN4O7. The summed E-state index contributed by atoms with van der Waals surface area (Å²) in [6, 6.07) is 5.65. The Labute approximate surface area is 201 Å². The van der Waals surface area contributed by atoms with Crippen LogP contribution in [-0.2, 0) is 9.53 Å². The Balaban J connectivity index is 1.78. The summed E-state index contributed by atoms with van der Waals surface area (Å²) < 4.78 is 15.7. The number of hydrogen-bond acceptors (Lipinski definition) is 8. The third kappa shape index (κ3) is 6.12. The molecule has 0 bridgehead atoms. The Kier molecular flexibility index (Phi) is 8.61. The van der Waals surface area contributed by atoms with Gasteiger partial charge in [-0.25, -0.2) is 4.98 Å². The van der Waals surface area contributed by atoms with Crippen molar-refractivity contribution < 1.29 is 28.7 Å². The molecule has 1 fully saturated rings. The number of rotatable bonds is 9. The van der Waals surface area contributed by atoms with Crippen molar-refractivity contribution in [2.45, 2.75) is 12.8 Å². The van der Waals surface area contributed by atoms with Crippen LogP contribution in [0.5, 0.6) is 11.5 Å². The predicted octanol–water partition coefficient (Wildman–Crippen LogP) is 3.17. The van der Waals surface area contributed by atoms with E-state index in [2.05, 4.69) is 10.3 Å². The minimum absolute atomic E-state index is 0.115. The fourth-order valence-electron chi connectivity index (χ4n) is 3.60. The molecule has 3 rings (SSSR count). The van der Waals surface area contributed by atoms with E-state index >= 15 is 0 Å². The van der Waals surface area contributed by atoms with Crippen LogP contribution in [-0.4, -0.2) is 67.1 Å². The predicted molar refractivity (Wildman–Crippen MR) is 124 cm³/mol. The number of halogens is 1. The van der Waals surface area contributed by atoms with Crippen molar-refractivity contribution in [3.63, 3.8) is 0 Å². The highest BCUT2D eigenvalue weighted by Crippen LogP contribution is 2.36. The summed E-state index contributed by atoms with van der Waals surface area (Å²) in [5.74, 6) is -0.675. The first-order chi connectivity index (χ1) is 16.3. The topological polar surface area (TPSA) is 133 Å². The molecule has 0 spiro atoms. The number of nitrogens with one attached hydrogen (secondary N) is 1. The normalized spacial score (nSPS) is 15.5. The minimum Gasteiger partial charge on any atom is -0.493 e. The standard InChI is InChI=1S/C22H25ClN4O7/c1-32-8-9-34-19-11-17(27(30)31)16(10-18(19)33-2)22(29)26-7-3-4-14(13-26)21(28)25-20-6-5-15(23)12-24-20/h5-6,10-12,14H,3-4,7-9,13H2,1-2H3,(H,24,25,28). The molecule has 2 amide bonds. The quantitative estimate of drug-likeness (QED) is 0.320. The van der Waals surface area contributed by atoms with Gasteiger partial charge in [-0.05, 0) is 25.0 Å². The summed E-state index contributed by atoms with van der Waals surface area (Å²) in [5.41, 5.74) is -0.545. The smallest absolute Gasteiger partial charge is 0.286 e. The Bertz CT molecular complexity index is 1050. The van der Waals surface area contributed by atoms with Gasteiger partial charge in [0.2, 0.25) is 5.91 Å². The van der Waals surface area contributed by atoms with E-state index in [1.54, 1.807) is 12.1 Å². The van der Waals surface area contributed by atoms with E-state index in [0.29, 0.717) is 30.2 Å². The first-order valence-corrected chi connectivity index (χ1v) is 10.9. The van der Waals surface area contributed by atoms with E-state index < -0.39 is 22.4 Å². The van der Waals surface area contributed by atoms with E-state index in [4.69, 9.17) is 25.8 Å². The number of piperidine rings is 1. The zero-order valence-corrected chi connectivity index (χ0v) is 19.5. The second kappa shape index (κ2) is 11.6. The molecule has 2 heterocycles. The number of likely N-dealkylation sites (tertiary alicyclic amines) is 1. The number of hydrogen-bond donors (Lipinski definition) is 1.